The van der Waals surface area contributed by atoms with Crippen molar-refractivity contribution in [3.63, 3.8) is 0 Å². The van der Waals surface area contributed by atoms with Crippen molar-refractivity contribution in [2.45, 2.75) is 13.8 Å². The van der Waals surface area contributed by atoms with E-state index in [9.17, 15) is 4.79 Å². The van der Waals surface area contributed by atoms with Gasteiger partial charge in [0.2, 0.25) is 5.95 Å². The molecular weight excluding hydrogens is 292 g/mol. The van der Waals surface area contributed by atoms with Gasteiger partial charge in [-0.15, -0.1) is 0 Å². The fourth-order valence-corrected chi connectivity index (χ4v) is 2.58. The van der Waals surface area contributed by atoms with Crippen molar-refractivity contribution >= 4 is 28.6 Å². The summed E-state index contributed by atoms with van der Waals surface area (Å²) in [6, 6.07) is 5.62. The molecule has 3 rings (SSSR count). The van der Waals surface area contributed by atoms with Crippen molar-refractivity contribution in [3.05, 3.63) is 35.2 Å². The Balaban J connectivity index is 1.90. The molecule has 7 heteroatoms. The number of hydrogen-bond acceptors (Lipinski definition) is 4. The maximum Gasteiger partial charge on any atom is 0.259 e. The van der Waals surface area contributed by atoms with Gasteiger partial charge in [-0.1, -0.05) is 0 Å². The second-order valence-corrected chi connectivity index (χ2v) is 5.81. The molecule has 0 bridgehead atoms. The number of imidazole rings is 1. The van der Waals surface area contributed by atoms with Crippen LogP contribution in [-0.2, 0) is 7.05 Å². The third-order valence-electron chi connectivity index (χ3n) is 3.89. The number of rotatable bonds is 3. The SMILES string of the molecule is Cc1nn(C)c(C)c1C(=O)Nc1ccc2nc(N(C)C)[nH]c2c1. The smallest absolute Gasteiger partial charge is 0.259 e. The molecule has 120 valence electrons. The molecule has 2 heterocycles. The summed E-state index contributed by atoms with van der Waals surface area (Å²) in [5, 5.41) is 7.21. The van der Waals surface area contributed by atoms with Crippen LogP contribution in [0.2, 0.25) is 0 Å². The summed E-state index contributed by atoms with van der Waals surface area (Å²) in [6.07, 6.45) is 0. The van der Waals surface area contributed by atoms with Gasteiger partial charge in [0.05, 0.1) is 22.3 Å². The minimum absolute atomic E-state index is 0.153. The number of nitrogens with zero attached hydrogens (tertiary/aromatic N) is 4. The number of carbonyl (C=O) groups is 1. The van der Waals surface area contributed by atoms with Crippen LogP contribution in [0.1, 0.15) is 21.7 Å². The van der Waals surface area contributed by atoms with Gasteiger partial charge in [0.1, 0.15) is 0 Å². The standard InChI is InChI=1S/C16H20N6O/c1-9-14(10(2)22(5)20-9)15(23)17-11-6-7-12-13(8-11)19-16(18-12)21(3)4/h6-8H,1-5H3,(H,17,23)(H,18,19). The Morgan fingerprint density at radius 1 is 1.30 bits per heavy atom. The van der Waals surface area contributed by atoms with Crippen LogP contribution < -0.4 is 10.2 Å². The number of amides is 1. The van der Waals surface area contributed by atoms with Crippen LogP contribution in [0.25, 0.3) is 11.0 Å². The third kappa shape index (κ3) is 2.65. The Labute approximate surface area is 134 Å². The van der Waals surface area contributed by atoms with E-state index in [4.69, 9.17) is 0 Å². The summed E-state index contributed by atoms with van der Waals surface area (Å²) >= 11 is 0. The van der Waals surface area contributed by atoms with E-state index in [1.54, 1.807) is 4.68 Å². The zero-order chi connectivity index (χ0) is 16.7. The molecule has 0 atom stereocenters. The summed E-state index contributed by atoms with van der Waals surface area (Å²) in [5.74, 6) is 0.627. The first-order valence-electron chi connectivity index (χ1n) is 7.35. The van der Waals surface area contributed by atoms with E-state index in [0.29, 0.717) is 5.56 Å². The van der Waals surface area contributed by atoms with E-state index in [2.05, 4.69) is 20.4 Å². The van der Waals surface area contributed by atoms with Crippen molar-refractivity contribution in [3.8, 4) is 0 Å². The van der Waals surface area contributed by atoms with E-state index in [-0.39, 0.29) is 5.91 Å². The molecule has 0 saturated carbocycles. The molecule has 1 aromatic carbocycles. The molecule has 0 spiro atoms. The highest BCUT2D eigenvalue weighted by Crippen LogP contribution is 2.21. The predicted octanol–water partition coefficient (Wildman–Crippen LogP) is 2.23. The van der Waals surface area contributed by atoms with Gasteiger partial charge in [0.25, 0.3) is 5.91 Å². The number of carbonyl (C=O) groups excluding carboxylic acids is 1. The second kappa shape index (κ2) is 5.42. The first-order valence-corrected chi connectivity index (χ1v) is 7.35. The molecule has 2 aromatic heterocycles. The molecular formula is C16H20N6O. The number of hydrogen-bond donors (Lipinski definition) is 2. The molecule has 0 fully saturated rings. The van der Waals surface area contributed by atoms with E-state index in [0.717, 1.165) is 34.1 Å². The lowest BCUT2D eigenvalue weighted by atomic mass is 10.1. The monoisotopic (exact) mass is 312 g/mol. The van der Waals surface area contributed by atoms with Crippen molar-refractivity contribution in [1.29, 1.82) is 0 Å². The average molecular weight is 312 g/mol. The Bertz CT molecular complexity index is 889. The molecule has 0 radical (unpaired) electrons. The molecule has 2 N–H and O–H groups in total. The molecule has 0 saturated heterocycles. The van der Waals surface area contributed by atoms with Crippen LogP contribution in [0.4, 0.5) is 11.6 Å². The van der Waals surface area contributed by atoms with Crippen molar-refractivity contribution in [1.82, 2.24) is 19.7 Å². The molecule has 0 aliphatic carbocycles. The zero-order valence-corrected chi connectivity index (χ0v) is 13.9. The van der Waals surface area contributed by atoms with E-state index in [1.807, 2.05) is 58.1 Å². The normalized spacial score (nSPS) is 11.0. The number of anilines is 2. The van der Waals surface area contributed by atoms with Gasteiger partial charge in [0, 0.05) is 32.5 Å². The summed E-state index contributed by atoms with van der Waals surface area (Å²) in [5.41, 5.74) is 4.65. The maximum atomic E-state index is 12.5. The molecule has 1 amide bonds. The van der Waals surface area contributed by atoms with Gasteiger partial charge in [0.15, 0.2) is 0 Å². The van der Waals surface area contributed by atoms with Crippen LogP contribution in [0.5, 0.6) is 0 Å². The summed E-state index contributed by atoms with van der Waals surface area (Å²) in [7, 11) is 5.68. The third-order valence-corrected chi connectivity index (χ3v) is 3.89. The highest BCUT2D eigenvalue weighted by Gasteiger charge is 2.17. The molecule has 0 aliphatic rings. The Morgan fingerprint density at radius 2 is 2.04 bits per heavy atom. The first-order chi connectivity index (χ1) is 10.9. The van der Waals surface area contributed by atoms with Crippen molar-refractivity contribution < 1.29 is 4.79 Å². The zero-order valence-electron chi connectivity index (χ0n) is 13.9. The largest absolute Gasteiger partial charge is 0.349 e. The number of aromatic amines is 1. The van der Waals surface area contributed by atoms with Gasteiger partial charge in [-0.25, -0.2) is 4.98 Å². The van der Waals surface area contributed by atoms with Crippen LogP contribution in [0.3, 0.4) is 0 Å². The molecule has 7 nitrogen and oxygen atoms in total. The highest BCUT2D eigenvalue weighted by atomic mass is 16.1. The average Bonchev–Trinajstić information content (AvgIpc) is 3.00. The maximum absolute atomic E-state index is 12.5. The van der Waals surface area contributed by atoms with Gasteiger partial charge in [-0.3, -0.25) is 9.48 Å². The lowest BCUT2D eigenvalue weighted by molar-refractivity contribution is 0.102. The van der Waals surface area contributed by atoms with E-state index in [1.165, 1.54) is 0 Å². The van der Waals surface area contributed by atoms with Crippen molar-refractivity contribution in [2.75, 3.05) is 24.3 Å². The first kappa shape index (κ1) is 15.1. The molecule has 0 aliphatic heterocycles. The predicted molar refractivity (Wildman–Crippen MR) is 91.1 cm³/mol. The van der Waals surface area contributed by atoms with E-state index < -0.39 is 0 Å². The minimum atomic E-state index is -0.153. The Morgan fingerprint density at radius 3 is 2.65 bits per heavy atom. The van der Waals surface area contributed by atoms with Crippen LogP contribution in [0, 0.1) is 13.8 Å². The number of aryl methyl sites for hydroxylation is 2. The van der Waals surface area contributed by atoms with Gasteiger partial charge >= 0.3 is 0 Å². The van der Waals surface area contributed by atoms with Crippen LogP contribution in [0.15, 0.2) is 18.2 Å². The van der Waals surface area contributed by atoms with Gasteiger partial charge in [-0.2, -0.15) is 5.10 Å². The van der Waals surface area contributed by atoms with Gasteiger partial charge < -0.3 is 15.2 Å². The lowest BCUT2D eigenvalue weighted by Gasteiger charge is -2.06. The number of fused-ring (bicyclic) bond motifs is 1. The number of H-pyrrole nitrogens is 1. The van der Waals surface area contributed by atoms with E-state index >= 15 is 0 Å². The topological polar surface area (TPSA) is 78.8 Å². The summed E-state index contributed by atoms with van der Waals surface area (Å²) < 4.78 is 1.71. The molecule has 23 heavy (non-hydrogen) atoms. The van der Waals surface area contributed by atoms with Gasteiger partial charge in [-0.05, 0) is 32.0 Å². The number of nitrogens with one attached hydrogen (secondary N) is 2. The summed E-state index contributed by atoms with van der Waals surface area (Å²) in [4.78, 5) is 22.1. The Kier molecular flexibility index (Phi) is 3.55. The van der Waals surface area contributed by atoms with Crippen LogP contribution in [-0.4, -0.2) is 39.8 Å². The summed E-state index contributed by atoms with van der Waals surface area (Å²) in [6.45, 7) is 3.72. The minimum Gasteiger partial charge on any atom is -0.349 e. The molecule has 3 aromatic rings. The lowest BCUT2D eigenvalue weighted by Crippen LogP contribution is -2.14. The van der Waals surface area contributed by atoms with Crippen molar-refractivity contribution in [2.24, 2.45) is 7.05 Å². The highest BCUT2D eigenvalue weighted by molar-refractivity contribution is 6.06. The quantitative estimate of drug-likeness (QED) is 0.777. The Hall–Kier alpha value is -2.83. The number of aromatic nitrogens is 4. The second-order valence-electron chi connectivity index (χ2n) is 5.81. The molecule has 0 unspecified atom stereocenters. The fourth-order valence-electron chi connectivity index (χ4n) is 2.58. The number of benzene rings is 1. The fraction of sp³-hybridized carbons (Fsp3) is 0.312. The van der Waals surface area contributed by atoms with Crippen LogP contribution >= 0.6 is 0 Å².